The molecule has 2 amide bonds. The van der Waals surface area contributed by atoms with Crippen LogP contribution in [0.4, 0.5) is 5.69 Å². The summed E-state index contributed by atoms with van der Waals surface area (Å²) in [6, 6.07) is 14.2. The average molecular weight is 380 g/mol. The van der Waals surface area contributed by atoms with Gasteiger partial charge >= 0.3 is 0 Å². The summed E-state index contributed by atoms with van der Waals surface area (Å²) >= 11 is 0. The minimum atomic E-state index is -0.189. The molecule has 0 spiro atoms. The highest BCUT2D eigenvalue weighted by Gasteiger charge is 2.18. The van der Waals surface area contributed by atoms with Gasteiger partial charge in [-0.15, -0.1) is 0 Å². The number of hydrogen-bond acceptors (Lipinski definition) is 3. The van der Waals surface area contributed by atoms with E-state index in [0.717, 1.165) is 31.7 Å². The molecule has 1 aliphatic rings. The van der Waals surface area contributed by atoms with Gasteiger partial charge in [-0.1, -0.05) is 13.8 Å². The van der Waals surface area contributed by atoms with Gasteiger partial charge in [-0.25, -0.2) is 0 Å². The van der Waals surface area contributed by atoms with Gasteiger partial charge in [0.2, 0.25) is 0 Å². The second-order valence-corrected chi connectivity index (χ2v) is 7.61. The van der Waals surface area contributed by atoms with Gasteiger partial charge < -0.3 is 15.0 Å². The Morgan fingerprint density at radius 1 is 0.929 bits per heavy atom. The van der Waals surface area contributed by atoms with E-state index >= 15 is 0 Å². The number of hydrogen-bond donors (Lipinski definition) is 1. The van der Waals surface area contributed by atoms with Crippen molar-refractivity contribution in [1.29, 1.82) is 0 Å². The normalized spacial score (nSPS) is 14.0. The lowest BCUT2D eigenvalue weighted by atomic mass is 10.1. The maximum atomic E-state index is 12.5. The number of carbonyl (C=O) groups is 2. The number of piperidine rings is 1. The Morgan fingerprint density at radius 3 is 2.14 bits per heavy atom. The molecule has 0 unspecified atom stereocenters. The lowest BCUT2D eigenvalue weighted by molar-refractivity contribution is 0.0724. The predicted octanol–water partition coefficient (Wildman–Crippen LogP) is 4.60. The fourth-order valence-corrected chi connectivity index (χ4v) is 3.14. The number of likely N-dealkylation sites (tertiary alicyclic amines) is 1. The summed E-state index contributed by atoms with van der Waals surface area (Å²) in [5.41, 5.74) is 1.89. The molecule has 0 bridgehead atoms. The molecule has 148 valence electrons. The van der Waals surface area contributed by atoms with Gasteiger partial charge in [-0.2, -0.15) is 0 Å². The number of anilines is 1. The molecule has 1 heterocycles. The fourth-order valence-electron chi connectivity index (χ4n) is 3.14. The van der Waals surface area contributed by atoms with Crippen LogP contribution in [0.2, 0.25) is 0 Å². The van der Waals surface area contributed by atoms with Crippen molar-refractivity contribution in [3.8, 4) is 5.75 Å². The quantitative estimate of drug-likeness (QED) is 0.797. The van der Waals surface area contributed by atoms with E-state index in [-0.39, 0.29) is 11.8 Å². The molecule has 3 rings (SSSR count). The summed E-state index contributed by atoms with van der Waals surface area (Å²) in [7, 11) is 0. The van der Waals surface area contributed by atoms with E-state index in [2.05, 4.69) is 19.2 Å². The molecule has 28 heavy (non-hydrogen) atoms. The molecule has 2 aromatic rings. The van der Waals surface area contributed by atoms with Crippen LogP contribution in [0.25, 0.3) is 0 Å². The first kappa shape index (κ1) is 19.9. The fraction of sp³-hybridized carbons (Fsp3) is 0.391. The molecule has 1 aliphatic heterocycles. The number of carbonyl (C=O) groups excluding carboxylic acids is 2. The number of ether oxygens (including phenoxy) is 1. The molecule has 0 aromatic heterocycles. The van der Waals surface area contributed by atoms with Gasteiger partial charge in [-0.05, 0) is 73.7 Å². The lowest BCUT2D eigenvalue weighted by Crippen LogP contribution is -2.35. The average Bonchev–Trinajstić information content (AvgIpc) is 2.73. The minimum absolute atomic E-state index is 0.0644. The number of nitrogens with one attached hydrogen (secondary N) is 1. The molecule has 1 saturated heterocycles. The smallest absolute Gasteiger partial charge is 0.255 e. The number of nitrogens with zero attached hydrogens (tertiary/aromatic N) is 1. The Morgan fingerprint density at radius 2 is 1.54 bits per heavy atom. The number of rotatable bonds is 6. The topological polar surface area (TPSA) is 58.6 Å². The van der Waals surface area contributed by atoms with E-state index in [4.69, 9.17) is 4.74 Å². The SMILES string of the molecule is CC(C)COc1ccc(C(=O)Nc2ccc(C(=O)N3CCCCC3)cc2)cc1. The van der Waals surface area contributed by atoms with Crippen molar-refractivity contribution in [1.82, 2.24) is 4.90 Å². The molecule has 0 aliphatic carbocycles. The van der Waals surface area contributed by atoms with Crippen molar-refractivity contribution in [2.45, 2.75) is 33.1 Å². The van der Waals surface area contributed by atoms with E-state index < -0.39 is 0 Å². The third-order valence-electron chi connectivity index (χ3n) is 4.73. The van der Waals surface area contributed by atoms with Gasteiger partial charge in [0.25, 0.3) is 11.8 Å². The lowest BCUT2D eigenvalue weighted by Gasteiger charge is -2.26. The molecular formula is C23H28N2O3. The molecule has 5 heteroatoms. The Bertz CT molecular complexity index is 792. The van der Waals surface area contributed by atoms with Crippen LogP contribution in [0.5, 0.6) is 5.75 Å². The van der Waals surface area contributed by atoms with E-state index in [1.807, 2.05) is 4.90 Å². The summed E-state index contributed by atoms with van der Waals surface area (Å²) in [6.07, 6.45) is 3.34. The number of benzene rings is 2. The van der Waals surface area contributed by atoms with Crippen LogP contribution in [0, 0.1) is 5.92 Å². The van der Waals surface area contributed by atoms with Crippen molar-refractivity contribution in [2.75, 3.05) is 25.0 Å². The molecule has 1 fully saturated rings. The van der Waals surface area contributed by atoms with Crippen LogP contribution in [0.1, 0.15) is 53.8 Å². The predicted molar refractivity (Wildman–Crippen MR) is 111 cm³/mol. The highest BCUT2D eigenvalue weighted by molar-refractivity contribution is 6.04. The minimum Gasteiger partial charge on any atom is -0.493 e. The Balaban J connectivity index is 1.57. The van der Waals surface area contributed by atoms with Crippen LogP contribution in [-0.4, -0.2) is 36.4 Å². The largest absolute Gasteiger partial charge is 0.493 e. The van der Waals surface area contributed by atoms with Crippen LogP contribution in [0.15, 0.2) is 48.5 Å². The monoisotopic (exact) mass is 380 g/mol. The second kappa shape index (κ2) is 9.40. The van der Waals surface area contributed by atoms with E-state index in [0.29, 0.717) is 29.3 Å². The zero-order valence-electron chi connectivity index (χ0n) is 16.6. The third kappa shape index (κ3) is 5.35. The van der Waals surface area contributed by atoms with Crippen molar-refractivity contribution < 1.29 is 14.3 Å². The summed E-state index contributed by atoms with van der Waals surface area (Å²) in [5, 5.41) is 2.87. The Hall–Kier alpha value is -2.82. The van der Waals surface area contributed by atoms with Crippen LogP contribution < -0.4 is 10.1 Å². The first-order valence-electron chi connectivity index (χ1n) is 9.96. The molecular weight excluding hydrogens is 352 g/mol. The maximum Gasteiger partial charge on any atom is 0.255 e. The van der Waals surface area contributed by atoms with Crippen molar-refractivity contribution >= 4 is 17.5 Å². The second-order valence-electron chi connectivity index (χ2n) is 7.61. The summed E-state index contributed by atoms with van der Waals surface area (Å²) in [5.74, 6) is 1.08. The van der Waals surface area contributed by atoms with Gasteiger partial charge in [-0.3, -0.25) is 9.59 Å². The van der Waals surface area contributed by atoms with Crippen molar-refractivity contribution in [2.24, 2.45) is 5.92 Å². The van der Waals surface area contributed by atoms with E-state index in [1.165, 1.54) is 6.42 Å². The van der Waals surface area contributed by atoms with E-state index in [1.54, 1.807) is 48.5 Å². The first-order valence-corrected chi connectivity index (χ1v) is 9.96. The van der Waals surface area contributed by atoms with Gasteiger partial charge in [0.15, 0.2) is 0 Å². The van der Waals surface area contributed by atoms with Crippen LogP contribution >= 0.6 is 0 Å². The highest BCUT2D eigenvalue weighted by Crippen LogP contribution is 2.17. The van der Waals surface area contributed by atoms with Crippen LogP contribution in [0.3, 0.4) is 0 Å². The summed E-state index contributed by atoms with van der Waals surface area (Å²) in [6.45, 7) is 6.48. The Kier molecular flexibility index (Phi) is 6.69. The molecule has 0 saturated carbocycles. The third-order valence-corrected chi connectivity index (χ3v) is 4.73. The molecule has 5 nitrogen and oxygen atoms in total. The van der Waals surface area contributed by atoms with Gasteiger partial charge in [0.1, 0.15) is 5.75 Å². The van der Waals surface area contributed by atoms with Gasteiger partial charge in [0.05, 0.1) is 6.61 Å². The molecule has 2 aromatic carbocycles. The highest BCUT2D eigenvalue weighted by atomic mass is 16.5. The van der Waals surface area contributed by atoms with Crippen molar-refractivity contribution in [3.05, 3.63) is 59.7 Å². The zero-order chi connectivity index (χ0) is 19.9. The van der Waals surface area contributed by atoms with Crippen LogP contribution in [-0.2, 0) is 0 Å². The van der Waals surface area contributed by atoms with Crippen molar-refractivity contribution in [3.63, 3.8) is 0 Å². The molecule has 1 N–H and O–H groups in total. The number of amides is 2. The zero-order valence-corrected chi connectivity index (χ0v) is 16.6. The first-order chi connectivity index (χ1) is 13.5. The summed E-state index contributed by atoms with van der Waals surface area (Å²) in [4.78, 5) is 26.8. The standard InChI is InChI=1S/C23H28N2O3/c1-17(2)16-28-21-12-8-18(9-13-21)22(26)24-20-10-6-19(7-11-20)23(27)25-14-4-3-5-15-25/h6-13,17H,3-5,14-16H2,1-2H3,(H,24,26). The molecule has 0 radical (unpaired) electrons. The van der Waals surface area contributed by atoms with E-state index in [9.17, 15) is 9.59 Å². The molecule has 0 atom stereocenters. The maximum absolute atomic E-state index is 12.5. The Labute approximate surface area is 166 Å². The van der Waals surface area contributed by atoms with Gasteiger partial charge in [0, 0.05) is 29.9 Å². The summed E-state index contributed by atoms with van der Waals surface area (Å²) < 4.78 is 5.64.